The molecule has 0 saturated carbocycles. The van der Waals surface area contributed by atoms with Crippen LogP contribution in [0.25, 0.3) is 0 Å². The third-order valence-corrected chi connectivity index (χ3v) is 4.24. The molecule has 9 heteroatoms. The predicted molar refractivity (Wildman–Crippen MR) is 98.5 cm³/mol. The summed E-state index contributed by atoms with van der Waals surface area (Å²) in [6.45, 7) is 3.61. The van der Waals surface area contributed by atoms with E-state index in [9.17, 15) is 9.59 Å². The standard InChI is InChI=1S/C16H20N4O4S/c1-9(2)19-20-16-18-15(22)13(25-16)8-14(21)17-11-6-5-10(23-3)7-12(11)24-4/h5-7,13H,8H2,1-4H3,(H,17,21)(H,18,20,22). The highest BCUT2D eigenvalue weighted by atomic mass is 32.2. The molecule has 0 radical (unpaired) electrons. The summed E-state index contributed by atoms with van der Waals surface area (Å²) >= 11 is 1.19. The minimum Gasteiger partial charge on any atom is -0.497 e. The van der Waals surface area contributed by atoms with Gasteiger partial charge in [-0.3, -0.25) is 9.59 Å². The molecule has 2 rings (SSSR count). The van der Waals surface area contributed by atoms with Gasteiger partial charge in [0.1, 0.15) is 16.7 Å². The van der Waals surface area contributed by atoms with Crippen LogP contribution in [0.2, 0.25) is 0 Å². The van der Waals surface area contributed by atoms with Crippen LogP contribution < -0.4 is 20.1 Å². The zero-order valence-corrected chi connectivity index (χ0v) is 15.3. The summed E-state index contributed by atoms with van der Waals surface area (Å²) in [5, 5.41) is 13.0. The van der Waals surface area contributed by atoms with Crippen LogP contribution >= 0.6 is 11.8 Å². The van der Waals surface area contributed by atoms with E-state index in [4.69, 9.17) is 9.47 Å². The van der Waals surface area contributed by atoms with Crippen LogP contribution in [0.1, 0.15) is 20.3 Å². The fourth-order valence-electron chi connectivity index (χ4n) is 2.00. The van der Waals surface area contributed by atoms with Gasteiger partial charge in [0.15, 0.2) is 5.17 Å². The Morgan fingerprint density at radius 3 is 2.72 bits per heavy atom. The Morgan fingerprint density at radius 2 is 2.08 bits per heavy atom. The van der Waals surface area contributed by atoms with Crippen molar-refractivity contribution < 1.29 is 19.1 Å². The summed E-state index contributed by atoms with van der Waals surface area (Å²) in [5.41, 5.74) is 1.28. The molecule has 0 aromatic heterocycles. The molecule has 1 atom stereocenters. The summed E-state index contributed by atoms with van der Waals surface area (Å²) in [6.07, 6.45) is 0.0134. The maximum atomic E-state index is 12.3. The second kappa shape index (κ2) is 8.52. The van der Waals surface area contributed by atoms with E-state index in [1.54, 1.807) is 39.2 Å². The van der Waals surface area contributed by atoms with Gasteiger partial charge in [0.25, 0.3) is 0 Å². The molecule has 1 aromatic carbocycles. The zero-order valence-electron chi connectivity index (χ0n) is 14.5. The first kappa shape index (κ1) is 18.8. The molecule has 1 saturated heterocycles. The summed E-state index contributed by atoms with van der Waals surface area (Å²) in [6, 6.07) is 5.07. The molecule has 0 aliphatic carbocycles. The van der Waals surface area contributed by atoms with Gasteiger partial charge in [-0.15, -0.1) is 5.10 Å². The van der Waals surface area contributed by atoms with E-state index >= 15 is 0 Å². The molecule has 25 heavy (non-hydrogen) atoms. The fraction of sp³-hybridized carbons (Fsp3) is 0.375. The lowest BCUT2D eigenvalue weighted by Gasteiger charge is -2.12. The smallest absolute Gasteiger partial charge is 0.240 e. The van der Waals surface area contributed by atoms with E-state index in [0.29, 0.717) is 22.4 Å². The van der Waals surface area contributed by atoms with Crippen molar-refractivity contribution in [1.29, 1.82) is 0 Å². The van der Waals surface area contributed by atoms with Crippen molar-refractivity contribution in [2.45, 2.75) is 25.5 Å². The summed E-state index contributed by atoms with van der Waals surface area (Å²) in [5.74, 6) is 0.538. The number of amidine groups is 1. The van der Waals surface area contributed by atoms with Gasteiger partial charge in [0, 0.05) is 18.2 Å². The summed E-state index contributed by atoms with van der Waals surface area (Å²) in [7, 11) is 3.05. The minimum absolute atomic E-state index is 0.0134. The van der Waals surface area contributed by atoms with Crippen molar-refractivity contribution in [3.05, 3.63) is 18.2 Å². The number of methoxy groups -OCH3 is 2. The molecule has 8 nitrogen and oxygen atoms in total. The van der Waals surface area contributed by atoms with Gasteiger partial charge in [-0.25, -0.2) is 0 Å². The van der Waals surface area contributed by atoms with Crippen molar-refractivity contribution in [2.24, 2.45) is 10.2 Å². The largest absolute Gasteiger partial charge is 0.497 e. The quantitative estimate of drug-likeness (QED) is 0.594. The number of hydrogen-bond donors (Lipinski definition) is 2. The number of carbonyl (C=O) groups excluding carboxylic acids is 2. The molecule has 1 heterocycles. The number of benzene rings is 1. The van der Waals surface area contributed by atoms with Gasteiger partial charge in [0.2, 0.25) is 11.8 Å². The lowest BCUT2D eigenvalue weighted by Crippen LogP contribution is -2.28. The second-order valence-electron chi connectivity index (χ2n) is 5.37. The first-order chi connectivity index (χ1) is 11.9. The average Bonchev–Trinajstić information content (AvgIpc) is 2.93. The van der Waals surface area contributed by atoms with Gasteiger partial charge in [-0.2, -0.15) is 5.10 Å². The van der Waals surface area contributed by atoms with Crippen LogP contribution in [0.5, 0.6) is 11.5 Å². The molecule has 2 amide bonds. The number of thioether (sulfide) groups is 1. The van der Waals surface area contributed by atoms with E-state index in [1.807, 2.05) is 0 Å². The molecule has 1 aliphatic rings. The molecule has 1 unspecified atom stereocenters. The average molecular weight is 364 g/mol. The van der Waals surface area contributed by atoms with Crippen molar-refractivity contribution in [2.75, 3.05) is 19.5 Å². The summed E-state index contributed by atoms with van der Waals surface area (Å²) < 4.78 is 10.4. The molecule has 1 fully saturated rings. The Kier molecular flexibility index (Phi) is 6.40. The Morgan fingerprint density at radius 1 is 1.32 bits per heavy atom. The van der Waals surface area contributed by atoms with Crippen molar-refractivity contribution in [1.82, 2.24) is 5.32 Å². The monoisotopic (exact) mass is 364 g/mol. The van der Waals surface area contributed by atoms with Crippen LogP contribution in [0.3, 0.4) is 0 Å². The van der Waals surface area contributed by atoms with E-state index in [-0.39, 0.29) is 18.2 Å². The van der Waals surface area contributed by atoms with E-state index < -0.39 is 5.25 Å². The number of hydrogen-bond acceptors (Lipinski definition) is 7. The molecular formula is C16H20N4O4S. The van der Waals surface area contributed by atoms with Gasteiger partial charge in [0.05, 0.1) is 19.9 Å². The fourth-order valence-corrected chi connectivity index (χ4v) is 2.92. The highest BCUT2D eigenvalue weighted by molar-refractivity contribution is 8.15. The molecular weight excluding hydrogens is 344 g/mol. The Labute approximate surface area is 150 Å². The Hall–Kier alpha value is -2.55. The van der Waals surface area contributed by atoms with Crippen LogP contribution in [0.15, 0.2) is 28.4 Å². The zero-order chi connectivity index (χ0) is 18.4. The van der Waals surface area contributed by atoms with Gasteiger partial charge < -0.3 is 20.1 Å². The molecule has 0 spiro atoms. The highest BCUT2D eigenvalue weighted by Gasteiger charge is 2.32. The predicted octanol–water partition coefficient (Wildman–Crippen LogP) is 2.02. The highest BCUT2D eigenvalue weighted by Crippen LogP contribution is 2.30. The van der Waals surface area contributed by atoms with Crippen LogP contribution in [0.4, 0.5) is 5.69 Å². The number of ether oxygens (including phenoxy) is 2. The van der Waals surface area contributed by atoms with Gasteiger partial charge in [-0.1, -0.05) is 11.8 Å². The first-order valence-electron chi connectivity index (χ1n) is 7.51. The van der Waals surface area contributed by atoms with E-state index in [1.165, 1.54) is 18.9 Å². The molecule has 1 aromatic rings. The number of amides is 2. The van der Waals surface area contributed by atoms with E-state index in [0.717, 1.165) is 5.71 Å². The minimum atomic E-state index is -0.546. The van der Waals surface area contributed by atoms with Crippen LogP contribution in [-0.2, 0) is 9.59 Å². The van der Waals surface area contributed by atoms with Crippen molar-refractivity contribution in [3.8, 4) is 11.5 Å². The topological polar surface area (TPSA) is 101 Å². The molecule has 2 N–H and O–H groups in total. The maximum Gasteiger partial charge on any atom is 0.240 e. The number of carbonyl (C=O) groups is 2. The number of rotatable bonds is 6. The lowest BCUT2D eigenvalue weighted by molar-refractivity contribution is -0.122. The first-order valence-corrected chi connectivity index (χ1v) is 8.39. The van der Waals surface area contributed by atoms with E-state index in [2.05, 4.69) is 20.8 Å². The van der Waals surface area contributed by atoms with Crippen molar-refractivity contribution >= 4 is 40.1 Å². The molecule has 0 bridgehead atoms. The SMILES string of the molecule is COc1ccc(NC(=O)CC2S/C(=N\N=C(C)C)NC2=O)c(OC)c1. The second-order valence-corrected chi connectivity index (χ2v) is 6.56. The third kappa shape index (κ3) is 5.21. The maximum absolute atomic E-state index is 12.3. The van der Waals surface area contributed by atoms with Crippen LogP contribution in [-0.4, -0.2) is 42.2 Å². The Bertz CT molecular complexity index is 729. The summed E-state index contributed by atoms with van der Waals surface area (Å²) in [4.78, 5) is 24.2. The Balaban J connectivity index is 2.00. The molecule has 1 aliphatic heterocycles. The van der Waals surface area contributed by atoms with Crippen molar-refractivity contribution in [3.63, 3.8) is 0 Å². The normalized spacial score (nSPS) is 17.8. The number of anilines is 1. The third-order valence-electron chi connectivity index (χ3n) is 3.17. The van der Waals surface area contributed by atoms with Gasteiger partial charge >= 0.3 is 0 Å². The molecule has 134 valence electrons. The van der Waals surface area contributed by atoms with Crippen LogP contribution in [0, 0.1) is 0 Å². The van der Waals surface area contributed by atoms with Gasteiger partial charge in [-0.05, 0) is 26.0 Å². The lowest BCUT2D eigenvalue weighted by atomic mass is 10.2. The number of nitrogens with zero attached hydrogens (tertiary/aromatic N) is 2. The number of nitrogens with one attached hydrogen (secondary N) is 2.